The van der Waals surface area contributed by atoms with Gasteiger partial charge in [0.25, 0.3) is 0 Å². The van der Waals surface area contributed by atoms with Gasteiger partial charge in [-0.1, -0.05) is 60.7 Å². The van der Waals surface area contributed by atoms with Crippen LogP contribution < -0.4 is 4.74 Å². The Labute approximate surface area is 184 Å². The molecule has 0 spiro atoms. The number of aliphatic carboxylic acids is 1. The zero-order valence-electron chi connectivity index (χ0n) is 17.8. The lowest BCUT2D eigenvalue weighted by atomic mass is 9.99. The average molecular weight is 416 g/mol. The van der Waals surface area contributed by atoms with Crippen LogP contribution in [0.2, 0.25) is 0 Å². The number of fused-ring (bicyclic) bond motifs is 1. The second-order valence-corrected chi connectivity index (χ2v) is 8.23. The molecule has 0 amide bonds. The van der Waals surface area contributed by atoms with Crippen LogP contribution in [0.15, 0.2) is 84.0 Å². The van der Waals surface area contributed by atoms with Gasteiger partial charge in [0.05, 0.1) is 0 Å². The molecular weight excluding hydrogens is 386 g/mol. The standard InChI is InChI=1S/C27H29NO3/c29-27(30)15-12-21-10-13-26(14-11-21)31-20-23-5-3-4-22(8-9-23)18-28-17-16-24-6-1-2-7-25(24)19-28/h1-4,6-11,13-14H,5,12,15-20H2,(H,29,30). The minimum absolute atomic E-state index is 0.151. The van der Waals surface area contributed by atoms with E-state index < -0.39 is 5.97 Å². The molecule has 1 aliphatic heterocycles. The van der Waals surface area contributed by atoms with E-state index in [0.29, 0.717) is 13.0 Å². The molecule has 0 bridgehead atoms. The Morgan fingerprint density at radius 3 is 2.65 bits per heavy atom. The lowest BCUT2D eigenvalue weighted by Gasteiger charge is -2.29. The van der Waals surface area contributed by atoms with Crippen molar-refractivity contribution in [1.82, 2.24) is 4.90 Å². The predicted octanol–water partition coefficient (Wildman–Crippen LogP) is 4.95. The Balaban J connectivity index is 1.29. The number of allylic oxidation sites excluding steroid dienone is 3. The fraction of sp³-hybridized carbons (Fsp3) is 0.296. The van der Waals surface area contributed by atoms with Gasteiger partial charge in [0, 0.05) is 26.1 Å². The molecule has 1 heterocycles. The summed E-state index contributed by atoms with van der Waals surface area (Å²) in [5.41, 5.74) is 6.52. The number of hydrogen-bond donors (Lipinski definition) is 1. The zero-order valence-corrected chi connectivity index (χ0v) is 17.8. The van der Waals surface area contributed by atoms with Gasteiger partial charge in [-0.25, -0.2) is 0 Å². The molecule has 0 saturated heterocycles. The molecule has 160 valence electrons. The van der Waals surface area contributed by atoms with E-state index in [2.05, 4.69) is 53.5 Å². The molecular formula is C27H29NO3. The molecule has 1 N–H and O–H groups in total. The normalized spacial score (nSPS) is 16.1. The molecule has 4 rings (SSSR count). The minimum atomic E-state index is -0.772. The minimum Gasteiger partial charge on any atom is -0.489 e. The van der Waals surface area contributed by atoms with Gasteiger partial charge in [-0.2, -0.15) is 0 Å². The predicted molar refractivity (Wildman–Crippen MR) is 123 cm³/mol. The summed E-state index contributed by atoms with van der Waals surface area (Å²) in [6, 6.07) is 16.5. The summed E-state index contributed by atoms with van der Waals surface area (Å²) in [7, 11) is 0. The van der Waals surface area contributed by atoms with Crippen LogP contribution in [-0.2, 0) is 24.2 Å². The highest BCUT2D eigenvalue weighted by atomic mass is 16.5. The Morgan fingerprint density at radius 1 is 1.03 bits per heavy atom. The van der Waals surface area contributed by atoms with Crippen molar-refractivity contribution in [3.63, 3.8) is 0 Å². The molecule has 0 unspecified atom stereocenters. The number of nitrogens with zero attached hydrogens (tertiary/aromatic N) is 1. The fourth-order valence-corrected chi connectivity index (χ4v) is 4.05. The highest BCUT2D eigenvalue weighted by molar-refractivity contribution is 5.67. The quantitative estimate of drug-likeness (QED) is 0.663. The highest BCUT2D eigenvalue weighted by Gasteiger charge is 2.16. The SMILES string of the molecule is O=C(O)CCc1ccc(OCC2=CC=C(CN3CCc4ccccc4C3)C=CC2)cc1. The van der Waals surface area contributed by atoms with Gasteiger partial charge < -0.3 is 9.84 Å². The van der Waals surface area contributed by atoms with Gasteiger partial charge in [0.1, 0.15) is 12.4 Å². The summed E-state index contributed by atoms with van der Waals surface area (Å²) >= 11 is 0. The maximum absolute atomic E-state index is 10.7. The highest BCUT2D eigenvalue weighted by Crippen LogP contribution is 2.21. The molecule has 4 nitrogen and oxygen atoms in total. The number of carboxylic acids is 1. The van der Waals surface area contributed by atoms with Crippen molar-refractivity contribution in [3.8, 4) is 5.75 Å². The van der Waals surface area contributed by atoms with E-state index in [1.807, 2.05) is 24.3 Å². The maximum atomic E-state index is 10.7. The van der Waals surface area contributed by atoms with Crippen molar-refractivity contribution in [1.29, 1.82) is 0 Å². The zero-order chi connectivity index (χ0) is 21.5. The topological polar surface area (TPSA) is 49.8 Å². The first-order valence-electron chi connectivity index (χ1n) is 10.9. The summed E-state index contributed by atoms with van der Waals surface area (Å²) in [5, 5.41) is 8.79. The number of ether oxygens (including phenoxy) is 1. The Hall–Kier alpha value is -3.11. The van der Waals surface area contributed by atoms with Crippen molar-refractivity contribution in [2.24, 2.45) is 0 Å². The van der Waals surface area contributed by atoms with Crippen LogP contribution in [0.25, 0.3) is 0 Å². The third-order valence-corrected chi connectivity index (χ3v) is 5.84. The second-order valence-electron chi connectivity index (χ2n) is 8.23. The van der Waals surface area contributed by atoms with Crippen molar-refractivity contribution < 1.29 is 14.6 Å². The number of rotatable bonds is 8. The molecule has 0 fully saturated rings. The smallest absolute Gasteiger partial charge is 0.303 e. The van der Waals surface area contributed by atoms with Gasteiger partial charge in [0.15, 0.2) is 0 Å². The number of carboxylic acid groups (broad SMARTS) is 1. The molecule has 0 saturated carbocycles. The van der Waals surface area contributed by atoms with E-state index in [0.717, 1.165) is 43.8 Å². The van der Waals surface area contributed by atoms with Crippen molar-refractivity contribution >= 4 is 5.97 Å². The third kappa shape index (κ3) is 6.19. The van der Waals surface area contributed by atoms with Gasteiger partial charge in [-0.05, 0) is 59.2 Å². The monoisotopic (exact) mass is 415 g/mol. The van der Waals surface area contributed by atoms with E-state index in [1.165, 1.54) is 22.3 Å². The molecule has 31 heavy (non-hydrogen) atoms. The summed E-state index contributed by atoms with van der Waals surface area (Å²) in [6.07, 6.45) is 11.6. The second kappa shape index (κ2) is 10.3. The van der Waals surface area contributed by atoms with Gasteiger partial charge >= 0.3 is 5.97 Å². The summed E-state index contributed by atoms with van der Waals surface area (Å²) in [5.74, 6) is 0.0376. The van der Waals surface area contributed by atoms with Crippen LogP contribution in [0.4, 0.5) is 0 Å². The summed E-state index contributed by atoms with van der Waals surface area (Å²) in [6.45, 7) is 3.64. The Morgan fingerprint density at radius 2 is 1.84 bits per heavy atom. The third-order valence-electron chi connectivity index (χ3n) is 5.84. The van der Waals surface area contributed by atoms with E-state index in [4.69, 9.17) is 9.84 Å². The van der Waals surface area contributed by atoms with E-state index in [-0.39, 0.29) is 6.42 Å². The molecule has 0 aromatic heterocycles. The largest absolute Gasteiger partial charge is 0.489 e. The maximum Gasteiger partial charge on any atom is 0.303 e. The first kappa shape index (κ1) is 21.1. The lowest BCUT2D eigenvalue weighted by Crippen LogP contribution is -2.31. The Bertz CT molecular complexity index is 1000. The molecule has 4 heteroatoms. The molecule has 2 aromatic carbocycles. The van der Waals surface area contributed by atoms with Crippen LogP contribution >= 0.6 is 0 Å². The fourth-order valence-electron chi connectivity index (χ4n) is 4.05. The Kier molecular flexibility index (Phi) is 7.00. The lowest BCUT2D eigenvalue weighted by molar-refractivity contribution is -0.136. The summed E-state index contributed by atoms with van der Waals surface area (Å²) < 4.78 is 5.95. The first-order chi connectivity index (χ1) is 15.2. The van der Waals surface area contributed by atoms with E-state index in [9.17, 15) is 4.79 Å². The molecule has 2 aromatic rings. The number of carbonyl (C=O) groups is 1. The van der Waals surface area contributed by atoms with Crippen LogP contribution in [0.1, 0.15) is 29.5 Å². The number of hydrogen-bond acceptors (Lipinski definition) is 3. The van der Waals surface area contributed by atoms with E-state index in [1.54, 1.807) is 0 Å². The van der Waals surface area contributed by atoms with Crippen molar-refractivity contribution in [2.45, 2.75) is 32.2 Å². The van der Waals surface area contributed by atoms with Crippen LogP contribution in [0, 0.1) is 0 Å². The van der Waals surface area contributed by atoms with Crippen LogP contribution in [-0.4, -0.2) is 35.7 Å². The number of aryl methyl sites for hydroxylation is 1. The number of benzene rings is 2. The molecule has 0 atom stereocenters. The van der Waals surface area contributed by atoms with Crippen molar-refractivity contribution in [2.75, 3.05) is 19.7 Å². The molecule has 1 aliphatic carbocycles. The van der Waals surface area contributed by atoms with E-state index >= 15 is 0 Å². The van der Waals surface area contributed by atoms with Crippen LogP contribution in [0.5, 0.6) is 5.75 Å². The van der Waals surface area contributed by atoms with Gasteiger partial charge in [0.2, 0.25) is 0 Å². The molecule has 0 radical (unpaired) electrons. The first-order valence-corrected chi connectivity index (χ1v) is 10.9. The molecule has 2 aliphatic rings. The van der Waals surface area contributed by atoms with Gasteiger partial charge in [-0.15, -0.1) is 0 Å². The average Bonchev–Trinajstić information content (AvgIpc) is 3.02. The van der Waals surface area contributed by atoms with Crippen LogP contribution in [0.3, 0.4) is 0 Å². The summed E-state index contributed by atoms with van der Waals surface area (Å²) in [4.78, 5) is 13.2. The van der Waals surface area contributed by atoms with Crippen molar-refractivity contribution in [3.05, 3.63) is 101 Å². The van der Waals surface area contributed by atoms with Gasteiger partial charge in [-0.3, -0.25) is 9.69 Å².